The first-order chi connectivity index (χ1) is 16.5. The third-order valence-corrected chi connectivity index (χ3v) is 6.04. The van der Waals surface area contributed by atoms with Gasteiger partial charge in [0.15, 0.2) is 0 Å². The van der Waals surface area contributed by atoms with Crippen molar-refractivity contribution in [3.05, 3.63) is 82.9 Å². The molecule has 7 nitrogen and oxygen atoms in total. The molecule has 4 rings (SSSR count). The average molecular weight is 480 g/mol. The van der Waals surface area contributed by atoms with Gasteiger partial charge in [0.25, 0.3) is 11.8 Å². The summed E-state index contributed by atoms with van der Waals surface area (Å²) in [5.74, 6) is 0.952. The smallest absolute Gasteiger partial charge is 0.257 e. The Kier molecular flexibility index (Phi) is 7.23. The van der Waals surface area contributed by atoms with E-state index in [4.69, 9.17) is 21.1 Å². The molecule has 34 heavy (non-hydrogen) atoms. The van der Waals surface area contributed by atoms with Crippen LogP contribution in [0.3, 0.4) is 0 Å². The first-order valence-electron chi connectivity index (χ1n) is 10.9. The minimum atomic E-state index is -0.182. The quantitative estimate of drug-likeness (QED) is 0.560. The molecule has 1 N–H and O–H groups in total. The van der Waals surface area contributed by atoms with E-state index in [1.807, 2.05) is 29.2 Å². The van der Waals surface area contributed by atoms with Crippen LogP contribution in [0.5, 0.6) is 11.5 Å². The summed E-state index contributed by atoms with van der Waals surface area (Å²) in [7, 11) is 3.13. The molecule has 0 bridgehead atoms. The van der Waals surface area contributed by atoms with Gasteiger partial charge in [-0.05, 0) is 66.7 Å². The van der Waals surface area contributed by atoms with Crippen LogP contribution in [-0.4, -0.2) is 57.1 Å². The first-order valence-corrected chi connectivity index (χ1v) is 11.3. The zero-order valence-electron chi connectivity index (χ0n) is 19.1. The fraction of sp³-hybridized carbons (Fsp3) is 0.231. The van der Waals surface area contributed by atoms with Crippen LogP contribution in [0.1, 0.15) is 20.7 Å². The lowest BCUT2D eigenvalue weighted by molar-refractivity contribution is 0.0743. The number of methoxy groups -OCH3 is 2. The number of rotatable bonds is 6. The van der Waals surface area contributed by atoms with Crippen molar-refractivity contribution in [1.29, 1.82) is 0 Å². The molecule has 1 fully saturated rings. The van der Waals surface area contributed by atoms with E-state index in [0.29, 0.717) is 59.5 Å². The van der Waals surface area contributed by atoms with Crippen molar-refractivity contribution in [1.82, 2.24) is 4.90 Å². The van der Waals surface area contributed by atoms with Crippen LogP contribution in [0.4, 0.5) is 11.4 Å². The van der Waals surface area contributed by atoms with Crippen LogP contribution in [0.25, 0.3) is 0 Å². The average Bonchev–Trinajstić information content (AvgIpc) is 2.89. The minimum Gasteiger partial charge on any atom is -0.497 e. The zero-order valence-corrected chi connectivity index (χ0v) is 19.8. The van der Waals surface area contributed by atoms with Crippen molar-refractivity contribution >= 4 is 34.8 Å². The molecule has 1 aliphatic rings. The predicted molar refractivity (Wildman–Crippen MR) is 134 cm³/mol. The van der Waals surface area contributed by atoms with E-state index in [1.165, 1.54) is 0 Å². The van der Waals surface area contributed by atoms with Crippen LogP contribution in [-0.2, 0) is 0 Å². The van der Waals surface area contributed by atoms with Crippen LogP contribution in [0, 0.1) is 0 Å². The summed E-state index contributed by atoms with van der Waals surface area (Å²) in [4.78, 5) is 29.5. The number of amides is 2. The van der Waals surface area contributed by atoms with E-state index < -0.39 is 0 Å². The first kappa shape index (κ1) is 23.4. The van der Waals surface area contributed by atoms with Gasteiger partial charge in [-0.3, -0.25) is 9.59 Å². The Bertz CT molecular complexity index is 1160. The molecule has 0 spiro atoms. The van der Waals surface area contributed by atoms with Crippen molar-refractivity contribution in [3.63, 3.8) is 0 Å². The summed E-state index contributed by atoms with van der Waals surface area (Å²) in [6, 6.07) is 19.7. The Labute approximate surface area is 203 Å². The van der Waals surface area contributed by atoms with Gasteiger partial charge in [-0.25, -0.2) is 0 Å². The second-order valence-corrected chi connectivity index (χ2v) is 8.29. The fourth-order valence-corrected chi connectivity index (χ4v) is 4.06. The second-order valence-electron chi connectivity index (χ2n) is 7.85. The molecule has 1 saturated heterocycles. The molecule has 0 atom stereocenters. The number of nitrogens with one attached hydrogen (secondary N) is 1. The van der Waals surface area contributed by atoms with Gasteiger partial charge >= 0.3 is 0 Å². The van der Waals surface area contributed by atoms with E-state index in [2.05, 4.69) is 10.2 Å². The molecule has 0 saturated carbocycles. The van der Waals surface area contributed by atoms with Crippen LogP contribution >= 0.6 is 11.6 Å². The van der Waals surface area contributed by atoms with Gasteiger partial charge in [0, 0.05) is 48.1 Å². The van der Waals surface area contributed by atoms with E-state index in [9.17, 15) is 9.59 Å². The molecule has 0 unspecified atom stereocenters. The third-order valence-electron chi connectivity index (χ3n) is 5.80. The monoisotopic (exact) mass is 479 g/mol. The van der Waals surface area contributed by atoms with Crippen molar-refractivity contribution in [2.45, 2.75) is 0 Å². The van der Waals surface area contributed by atoms with Gasteiger partial charge < -0.3 is 24.6 Å². The number of anilines is 2. The third kappa shape index (κ3) is 5.26. The molecular weight excluding hydrogens is 454 g/mol. The van der Waals surface area contributed by atoms with Crippen molar-refractivity contribution < 1.29 is 19.1 Å². The molecule has 0 aromatic heterocycles. The number of ether oxygens (including phenoxy) is 2. The number of benzene rings is 3. The Hall–Kier alpha value is -3.71. The van der Waals surface area contributed by atoms with E-state index in [1.54, 1.807) is 56.7 Å². The van der Waals surface area contributed by atoms with Crippen molar-refractivity contribution in [2.24, 2.45) is 0 Å². The molecule has 176 valence electrons. The van der Waals surface area contributed by atoms with Crippen LogP contribution < -0.4 is 19.7 Å². The number of nitrogens with zero attached hydrogens (tertiary/aromatic N) is 2. The maximum absolute atomic E-state index is 13.0. The largest absolute Gasteiger partial charge is 0.497 e. The van der Waals surface area contributed by atoms with Gasteiger partial charge in [0.2, 0.25) is 0 Å². The number of hydrogen-bond donors (Lipinski definition) is 1. The highest BCUT2D eigenvalue weighted by molar-refractivity contribution is 6.31. The number of piperazine rings is 1. The molecule has 2 amide bonds. The number of carbonyl (C=O) groups excluding carboxylic acids is 2. The Balaban J connectivity index is 1.34. The summed E-state index contributed by atoms with van der Waals surface area (Å²) >= 11 is 6.09. The summed E-state index contributed by atoms with van der Waals surface area (Å²) in [5, 5.41) is 3.41. The molecule has 1 heterocycles. The Morgan fingerprint density at radius 3 is 2.15 bits per heavy atom. The lowest BCUT2D eigenvalue weighted by atomic mass is 10.1. The van der Waals surface area contributed by atoms with Gasteiger partial charge in [-0.2, -0.15) is 0 Å². The number of carbonyl (C=O) groups is 2. The van der Waals surface area contributed by atoms with E-state index in [0.717, 1.165) is 5.69 Å². The fourth-order valence-electron chi connectivity index (χ4n) is 3.89. The molecule has 1 aliphatic heterocycles. The molecule has 0 aliphatic carbocycles. The van der Waals surface area contributed by atoms with Crippen molar-refractivity contribution in [3.8, 4) is 11.5 Å². The number of halogens is 1. The van der Waals surface area contributed by atoms with Gasteiger partial charge in [0.05, 0.1) is 19.8 Å². The predicted octanol–water partition coefficient (Wildman–Crippen LogP) is 4.57. The molecular formula is C26H26ClN3O4. The van der Waals surface area contributed by atoms with Gasteiger partial charge in [-0.1, -0.05) is 11.6 Å². The number of hydrogen-bond acceptors (Lipinski definition) is 5. The highest BCUT2D eigenvalue weighted by Gasteiger charge is 2.24. The normalized spacial score (nSPS) is 13.4. The standard InChI is InChI=1S/C26H26ClN3O4/c1-33-22-10-3-18(4-11-22)25(31)28-20-6-8-21(9-7-20)29-13-15-30(16-14-29)26(32)23-17-19(27)5-12-24(23)34-2/h3-12,17H,13-16H2,1-2H3,(H,28,31). The van der Waals surface area contributed by atoms with Crippen LogP contribution in [0.2, 0.25) is 5.02 Å². The summed E-state index contributed by atoms with van der Waals surface area (Å²) < 4.78 is 10.5. The van der Waals surface area contributed by atoms with Gasteiger partial charge in [0.1, 0.15) is 11.5 Å². The maximum Gasteiger partial charge on any atom is 0.257 e. The molecule has 3 aromatic carbocycles. The van der Waals surface area contributed by atoms with E-state index >= 15 is 0 Å². The lowest BCUT2D eigenvalue weighted by Crippen LogP contribution is -2.48. The SMILES string of the molecule is COc1ccc(C(=O)Nc2ccc(N3CCN(C(=O)c4cc(Cl)ccc4OC)CC3)cc2)cc1. The highest BCUT2D eigenvalue weighted by Crippen LogP contribution is 2.26. The Morgan fingerprint density at radius 2 is 1.53 bits per heavy atom. The second kappa shape index (κ2) is 10.5. The minimum absolute atomic E-state index is 0.0874. The molecule has 8 heteroatoms. The van der Waals surface area contributed by atoms with E-state index in [-0.39, 0.29) is 11.8 Å². The Morgan fingerprint density at radius 1 is 0.853 bits per heavy atom. The maximum atomic E-state index is 13.0. The van der Waals surface area contributed by atoms with Crippen molar-refractivity contribution in [2.75, 3.05) is 50.6 Å². The zero-order chi connectivity index (χ0) is 24.1. The summed E-state index contributed by atoms with van der Waals surface area (Å²) in [6.07, 6.45) is 0. The molecule has 3 aromatic rings. The summed E-state index contributed by atoms with van der Waals surface area (Å²) in [6.45, 7) is 2.58. The van der Waals surface area contributed by atoms with Gasteiger partial charge in [-0.15, -0.1) is 0 Å². The highest BCUT2D eigenvalue weighted by atomic mass is 35.5. The topological polar surface area (TPSA) is 71.1 Å². The molecule has 0 radical (unpaired) electrons. The van der Waals surface area contributed by atoms with Crippen LogP contribution in [0.15, 0.2) is 66.7 Å². The lowest BCUT2D eigenvalue weighted by Gasteiger charge is -2.36. The summed E-state index contributed by atoms with van der Waals surface area (Å²) in [5.41, 5.74) is 2.78.